The molecule has 6 heteroatoms. The number of nitrogens with zero attached hydrogens (tertiary/aromatic N) is 3. The molecule has 0 N–H and O–H groups in total. The largest absolute Gasteiger partial charge is 0.474 e. The van der Waals surface area contributed by atoms with Crippen molar-refractivity contribution < 1.29 is 14.3 Å². The fourth-order valence-corrected chi connectivity index (χ4v) is 2.34. The number of likely N-dealkylation sites (tertiary alicyclic amines) is 1. The van der Waals surface area contributed by atoms with E-state index in [0.717, 1.165) is 12.8 Å². The molecule has 1 aliphatic heterocycles. The predicted molar refractivity (Wildman–Crippen MR) is 76.9 cm³/mol. The van der Waals surface area contributed by atoms with Crippen LogP contribution in [0.25, 0.3) is 0 Å². The molecule has 0 spiro atoms. The first-order valence-corrected chi connectivity index (χ1v) is 7.28. The summed E-state index contributed by atoms with van der Waals surface area (Å²) < 4.78 is 5.82. The Morgan fingerprint density at radius 2 is 2.05 bits per heavy atom. The van der Waals surface area contributed by atoms with Crippen molar-refractivity contribution in [1.82, 2.24) is 14.9 Å². The molecular formula is C15H21N3O3. The van der Waals surface area contributed by atoms with Crippen LogP contribution in [-0.2, 0) is 9.59 Å². The molecule has 1 aliphatic rings. The Bertz CT molecular complexity index is 511. The SMILES string of the molecule is CC(=O)CCC(=O)N1CCC(Oc2ccnc(C)n2)CC1. The number of carbonyl (C=O) groups is 2. The van der Waals surface area contributed by atoms with Crippen molar-refractivity contribution in [3.63, 3.8) is 0 Å². The van der Waals surface area contributed by atoms with Crippen molar-refractivity contribution in [3.05, 3.63) is 18.1 Å². The number of carbonyl (C=O) groups excluding carboxylic acids is 2. The van der Waals surface area contributed by atoms with Crippen molar-refractivity contribution >= 4 is 11.7 Å². The summed E-state index contributed by atoms with van der Waals surface area (Å²) in [4.78, 5) is 32.9. The smallest absolute Gasteiger partial charge is 0.223 e. The van der Waals surface area contributed by atoms with Gasteiger partial charge >= 0.3 is 0 Å². The molecule has 0 radical (unpaired) electrons. The van der Waals surface area contributed by atoms with Crippen LogP contribution in [0, 0.1) is 6.92 Å². The second-order valence-corrected chi connectivity index (χ2v) is 5.34. The van der Waals surface area contributed by atoms with E-state index >= 15 is 0 Å². The molecule has 0 saturated carbocycles. The lowest BCUT2D eigenvalue weighted by atomic mass is 10.1. The zero-order valence-corrected chi connectivity index (χ0v) is 12.5. The van der Waals surface area contributed by atoms with Gasteiger partial charge in [0.05, 0.1) is 0 Å². The normalized spacial score (nSPS) is 15.8. The van der Waals surface area contributed by atoms with Crippen molar-refractivity contribution in [2.24, 2.45) is 0 Å². The third-order valence-electron chi connectivity index (χ3n) is 3.52. The maximum absolute atomic E-state index is 11.9. The van der Waals surface area contributed by atoms with Crippen LogP contribution in [0.1, 0.15) is 38.4 Å². The first kappa shape index (κ1) is 15.4. The molecular weight excluding hydrogens is 270 g/mol. The van der Waals surface area contributed by atoms with Crippen LogP contribution < -0.4 is 4.74 Å². The average Bonchev–Trinajstić information content (AvgIpc) is 2.45. The minimum absolute atomic E-state index is 0.0562. The van der Waals surface area contributed by atoms with E-state index in [1.165, 1.54) is 6.92 Å². The lowest BCUT2D eigenvalue weighted by molar-refractivity contribution is -0.134. The quantitative estimate of drug-likeness (QED) is 0.822. The summed E-state index contributed by atoms with van der Waals surface area (Å²) in [5, 5.41) is 0. The van der Waals surface area contributed by atoms with Crippen LogP contribution in [0.15, 0.2) is 12.3 Å². The summed E-state index contributed by atoms with van der Waals surface area (Å²) in [7, 11) is 0. The zero-order chi connectivity index (χ0) is 15.2. The van der Waals surface area contributed by atoms with Crippen LogP contribution in [0.5, 0.6) is 5.88 Å². The first-order valence-electron chi connectivity index (χ1n) is 7.28. The molecule has 1 saturated heterocycles. The summed E-state index contributed by atoms with van der Waals surface area (Å²) in [6.07, 6.45) is 3.97. The van der Waals surface area contributed by atoms with Crippen LogP contribution >= 0.6 is 0 Å². The second-order valence-electron chi connectivity index (χ2n) is 5.34. The molecule has 6 nitrogen and oxygen atoms in total. The van der Waals surface area contributed by atoms with E-state index in [1.54, 1.807) is 12.3 Å². The molecule has 114 valence electrons. The summed E-state index contributed by atoms with van der Waals surface area (Å²) in [5.74, 6) is 1.38. The number of amides is 1. The van der Waals surface area contributed by atoms with Gasteiger partial charge in [-0.25, -0.2) is 4.98 Å². The minimum Gasteiger partial charge on any atom is -0.474 e. The Kier molecular flexibility index (Phi) is 5.25. The zero-order valence-electron chi connectivity index (χ0n) is 12.5. The van der Waals surface area contributed by atoms with E-state index in [1.807, 2.05) is 11.8 Å². The molecule has 0 aliphatic carbocycles. The lowest BCUT2D eigenvalue weighted by Crippen LogP contribution is -2.41. The average molecular weight is 291 g/mol. The van der Waals surface area contributed by atoms with E-state index in [-0.39, 0.29) is 17.8 Å². The summed E-state index contributed by atoms with van der Waals surface area (Å²) in [5.41, 5.74) is 0. The molecule has 2 rings (SSSR count). The molecule has 2 heterocycles. The van der Waals surface area contributed by atoms with Crippen LogP contribution in [-0.4, -0.2) is 45.8 Å². The Morgan fingerprint density at radius 3 is 2.67 bits per heavy atom. The highest BCUT2D eigenvalue weighted by molar-refractivity contribution is 5.83. The van der Waals surface area contributed by atoms with E-state index in [9.17, 15) is 9.59 Å². The molecule has 1 fully saturated rings. The lowest BCUT2D eigenvalue weighted by Gasteiger charge is -2.32. The Morgan fingerprint density at radius 1 is 1.33 bits per heavy atom. The maximum Gasteiger partial charge on any atom is 0.223 e. The predicted octanol–water partition coefficient (Wildman–Crippen LogP) is 1.52. The van der Waals surface area contributed by atoms with Gasteiger partial charge in [-0.2, -0.15) is 4.98 Å². The number of piperidine rings is 1. The number of ether oxygens (including phenoxy) is 1. The van der Waals surface area contributed by atoms with Gasteiger partial charge in [0, 0.05) is 51.0 Å². The second kappa shape index (κ2) is 7.15. The Labute approximate surface area is 124 Å². The highest BCUT2D eigenvalue weighted by Crippen LogP contribution is 2.17. The molecule has 1 aromatic heterocycles. The highest BCUT2D eigenvalue weighted by atomic mass is 16.5. The standard InChI is InChI=1S/C15H21N3O3/c1-11(19)3-4-15(20)18-9-6-13(7-10-18)21-14-5-8-16-12(2)17-14/h5,8,13H,3-4,6-7,9-10H2,1-2H3. The number of Topliss-reactive ketones (excluding diaryl/α,β-unsaturated/α-hetero) is 1. The van der Waals surface area contributed by atoms with E-state index < -0.39 is 0 Å². The van der Waals surface area contributed by atoms with Gasteiger partial charge in [0.1, 0.15) is 17.7 Å². The summed E-state index contributed by atoms with van der Waals surface area (Å²) in [6, 6.07) is 1.75. The van der Waals surface area contributed by atoms with E-state index in [4.69, 9.17) is 4.74 Å². The van der Waals surface area contributed by atoms with Gasteiger partial charge in [-0.3, -0.25) is 4.79 Å². The molecule has 1 aromatic rings. The molecule has 0 bridgehead atoms. The Balaban J connectivity index is 1.78. The van der Waals surface area contributed by atoms with Crippen molar-refractivity contribution in [2.45, 2.75) is 45.6 Å². The third-order valence-corrected chi connectivity index (χ3v) is 3.52. The third kappa shape index (κ3) is 4.81. The number of rotatable bonds is 5. The van der Waals surface area contributed by atoms with Gasteiger partial charge in [-0.05, 0) is 13.8 Å². The van der Waals surface area contributed by atoms with Gasteiger partial charge in [0.2, 0.25) is 11.8 Å². The number of hydrogen-bond donors (Lipinski definition) is 0. The molecule has 0 aromatic carbocycles. The topological polar surface area (TPSA) is 72.4 Å². The van der Waals surface area contributed by atoms with Crippen molar-refractivity contribution in [3.8, 4) is 5.88 Å². The van der Waals surface area contributed by atoms with Crippen LogP contribution in [0.2, 0.25) is 0 Å². The molecule has 0 atom stereocenters. The first-order chi connectivity index (χ1) is 10.0. The summed E-state index contributed by atoms with van der Waals surface area (Å²) >= 11 is 0. The van der Waals surface area contributed by atoms with Gasteiger partial charge < -0.3 is 14.4 Å². The van der Waals surface area contributed by atoms with Gasteiger partial charge in [-0.15, -0.1) is 0 Å². The van der Waals surface area contributed by atoms with Crippen LogP contribution in [0.3, 0.4) is 0 Å². The van der Waals surface area contributed by atoms with E-state index in [2.05, 4.69) is 9.97 Å². The number of aromatic nitrogens is 2. The van der Waals surface area contributed by atoms with Gasteiger partial charge in [-0.1, -0.05) is 0 Å². The van der Waals surface area contributed by atoms with Crippen LogP contribution in [0.4, 0.5) is 0 Å². The van der Waals surface area contributed by atoms with Gasteiger partial charge in [0.25, 0.3) is 0 Å². The monoisotopic (exact) mass is 291 g/mol. The maximum atomic E-state index is 11.9. The number of ketones is 1. The van der Waals surface area contributed by atoms with Crippen molar-refractivity contribution in [2.75, 3.05) is 13.1 Å². The van der Waals surface area contributed by atoms with E-state index in [0.29, 0.717) is 37.6 Å². The fraction of sp³-hybridized carbons (Fsp3) is 0.600. The number of aryl methyl sites for hydroxylation is 1. The van der Waals surface area contributed by atoms with Crippen molar-refractivity contribution in [1.29, 1.82) is 0 Å². The fourth-order valence-electron chi connectivity index (χ4n) is 2.34. The highest BCUT2D eigenvalue weighted by Gasteiger charge is 2.24. The summed E-state index contributed by atoms with van der Waals surface area (Å²) in [6.45, 7) is 4.68. The molecule has 1 amide bonds. The Hall–Kier alpha value is -1.98. The number of hydrogen-bond acceptors (Lipinski definition) is 5. The molecule has 0 unspecified atom stereocenters. The molecule has 21 heavy (non-hydrogen) atoms. The van der Waals surface area contributed by atoms with Gasteiger partial charge in [0.15, 0.2) is 0 Å². The minimum atomic E-state index is 0.0562.